The Kier molecular flexibility index (Phi) is 8.58. The summed E-state index contributed by atoms with van der Waals surface area (Å²) in [4.78, 5) is 8.60. The summed E-state index contributed by atoms with van der Waals surface area (Å²) in [5.74, 6) is 0. The summed E-state index contributed by atoms with van der Waals surface area (Å²) in [6.07, 6.45) is 0. The van der Waals surface area contributed by atoms with Gasteiger partial charge in [-0.15, -0.1) is 0 Å². The van der Waals surface area contributed by atoms with E-state index >= 15 is 0 Å². The normalized spacial score (nSPS) is 11.5. The van der Waals surface area contributed by atoms with Crippen LogP contribution in [0.4, 0.5) is 34.1 Å². The Hall–Kier alpha value is -5.28. The first kappa shape index (κ1) is 34.2. The zero-order valence-electron chi connectivity index (χ0n) is 32.5. The summed E-state index contributed by atoms with van der Waals surface area (Å²) >= 11 is 0. The van der Waals surface area contributed by atoms with Crippen molar-refractivity contribution in [1.29, 1.82) is 0 Å². The molecular formula is C48H51N3. The molecular weight excluding hydrogens is 619 g/mol. The molecule has 1 heterocycles. The van der Waals surface area contributed by atoms with Gasteiger partial charge in [-0.3, -0.25) is 0 Å². The van der Waals surface area contributed by atoms with E-state index in [1.165, 1.54) is 100 Å². The lowest BCUT2D eigenvalue weighted by Crippen LogP contribution is -2.12. The second kappa shape index (κ2) is 12.8. The molecule has 258 valence electrons. The van der Waals surface area contributed by atoms with Gasteiger partial charge in [-0.1, -0.05) is 0 Å². The Morgan fingerprint density at radius 2 is 0.529 bits per heavy atom. The second-order valence-corrected chi connectivity index (χ2v) is 15.1. The molecule has 7 aromatic rings. The molecule has 0 amide bonds. The van der Waals surface area contributed by atoms with Gasteiger partial charge in [0.25, 0.3) is 0 Å². The average molecular weight is 670 g/mol. The Labute approximate surface area is 304 Å². The fraction of sp³-hybridized carbons (Fsp3) is 0.250. The molecule has 6 aromatic carbocycles. The number of rotatable bonds is 6. The fourth-order valence-electron chi connectivity index (χ4n) is 7.61. The number of hydrogen-bond donors (Lipinski definition) is 1. The highest BCUT2D eigenvalue weighted by Gasteiger charge is 2.20. The Morgan fingerprint density at radius 1 is 0.294 bits per heavy atom. The first-order valence-electron chi connectivity index (χ1n) is 18.2. The number of benzene rings is 6. The lowest BCUT2D eigenvalue weighted by Gasteiger charge is -2.28. The van der Waals surface area contributed by atoms with Crippen molar-refractivity contribution in [1.82, 2.24) is 4.98 Å². The maximum atomic E-state index is 3.74. The predicted octanol–water partition coefficient (Wildman–Crippen LogP) is 14.0. The minimum atomic E-state index is 1.13. The number of anilines is 6. The maximum Gasteiger partial charge on any atom is 0.0469 e. The minimum Gasteiger partial charge on any atom is -0.355 e. The molecule has 51 heavy (non-hydrogen) atoms. The van der Waals surface area contributed by atoms with Crippen molar-refractivity contribution in [3.63, 3.8) is 0 Å². The summed E-state index contributed by atoms with van der Waals surface area (Å²) in [5, 5.41) is 2.42. The molecule has 0 fully saturated rings. The van der Waals surface area contributed by atoms with E-state index in [4.69, 9.17) is 0 Å². The lowest BCUT2D eigenvalue weighted by atomic mass is 9.99. The van der Waals surface area contributed by atoms with E-state index in [2.05, 4.69) is 183 Å². The number of fused-ring (bicyclic) bond motifs is 3. The molecule has 0 aliphatic heterocycles. The number of aromatic amines is 1. The van der Waals surface area contributed by atoms with Crippen molar-refractivity contribution in [3.8, 4) is 0 Å². The van der Waals surface area contributed by atoms with Crippen molar-refractivity contribution in [3.05, 3.63) is 152 Å². The summed E-state index contributed by atoms with van der Waals surface area (Å²) in [7, 11) is 0. The van der Waals surface area contributed by atoms with Gasteiger partial charge in [-0.25, -0.2) is 0 Å². The van der Waals surface area contributed by atoms with Crippen LogP contribution in [-0.4, -0.2) is 4.98 Å². The van der Waals surface area contributed by atoms with E-state index in [-0.39, 0.29) is 0 Å². The van der Waals surface area contributed by atoms with Gasteiger partial charge < -0.3 is 14.8 Å². The van der Waals surface area contributed by atoms with Crippen LogP contribution in [0.25, 0.3) is 21.8 Å². The number of nitrogens with one attached hydrogen (secondary N) is 1. The summed E-state index contributed by atoms with van der Waals surface area (Å²) < 4.78 is 0. The maximum absolute atomic E-state index is 3.74. The van der Waals surface area contributed by atoms with Crippen LogP contribution in [0.5, 0.6) is 0 Å². The Balaban J connectivity index is 1.46. The number of aromatic nitrogens is 1. The van der Waals surface area contributed by atoms with Crippen molar-refractivity contribution >= 4 is 55.9 Å². The molecule has 0 bridgehead atoms. The van der Waals surface area contributed by atoms with Crippen molar-refractivity contribution in [2.75, 3.05) is 9.80 Å². The Bertz CT molecular complexity index is 2130. The molecule has 3 nitrogen and oxygen atoms in total. The van der Waals surface area contributed by atoms with E-state index in [0.717, 1.165) is 22.4 Å². The SMILES string of the molecule is Cc1cc(N(c2cc(C)c(C)c(C)c2)c2ccc3[nH]c4ccc(N(c5cc(C)c(C)c(C)c5)c5cc(C)c(C)c(C)c5)cc4c3c2)cc(C)c1C. The van der Waals surface area contributed by atoms with Gasteiger partial charge >= 0.3 is 0 Å². The van der Waals surface area contributed by atoms with Crippen LogP contribution >= 0.6 is 0 Å². The molecule has 7 rings (SSSR count). The van der Waals surface area contributed by atoms with Gasteiger partial charge in [-0.2, -0.15) is 0 Å². The van der Waals surface area contributed by atoms with Crippen LogP contribution < -0.4 is 9.80 Å². The number of hydrogen-bond acceptors (Lipinski definition) is 2. The van der Waals surface area contributed by atoms with E-state index in [1.54, 1.807) is 0 Å². The zero-order chi connectivity index (χ0) is 36.5. The minimum absolute atomic E-state index is 1.13. The standard InChI is InChI=1S/C48H51N3/c1-27-17-41(18-28(2)35(27)9)50(42-19-29(3)36(10)30(4)20-42)39-13-15-47-45(25-39)46-26-40(14-16-48(46)49-47)51(43-21-31(5)37(11)32(6)22-43)44-23-33(7)38(12)34(8)24-44/h13-26,49H,1-12H3. The van der Waals surface area contributed by atoms with E-state index in [9.17, 15) is 0 Å². The molecule has 0 aliphatic carbocycles. The molecule has 3 heteroatoms. The van der Waals surface area contributed by atoms with Gasteiger partial charge in [0.15, 0.2) is 0 Å². The number of H-pyrrole nitrogens is 1. The third-order valence-electron chi connectivity index (χ3n) is 11.8. The summed E-state index contributed by atoms with van der Waals surface area (Å²) in [6, 6.07) is 32.4. The summed E-state index contributed by atoms with van der Waals surface area (Å²) in [5.41, 5.74) is 25.1. The quantitative estimate of drug-likeness (QED) is 0.190. The first-order valence-corrected chi connectivity index (χ1v) is 18.2. The van der Waals surface area contributed by atoms with Crippen LogP contribution in [0, 0.1) is 83.1 Å². The zero-order valence-corrected chi connectivity index (χ0v) is 32.5. The molecule has 0 aliphatic rings. The van der Waals surface area contributed by atoms with Crippen molar-refractivity contribution in [2.45, 2.75) is 83.1 Å². The smallest absolute Gasteiger partial charge is 0.0469 e. The third kappa shape index (κ3) is 5.99. The highest BCUT2D eigenvalue weighted by molar-refractivity contribution is 6.10. The van der Waals surface area contributed by atoms with Crippen LogP contribution in [0.15, 0.2) is 84.9 Å². The largest absolute Gasteiger partial charge is 0.355 e. The fourth-order valence-corrected chi connectivity index (χ4v) is 7.61. The molecule has 1 aromatic heterocycles. The highest BCUT2D eigenvalue weighted by Crippen LogP contribution is 2.43. The van der Waals surface area contributed by atoms with Crippen LogP contribution in [0.2, 0.25) is 0 Å². The summed E-state index contributed by atoms with van der Waals surface area (Å²) in [6.45, 7) is 26.7. The third-order valence-corrected chi connectivity index (χ3v) is 11.8. The van der Waals surface area contributed by atoms with Crippen LogP contribution in [0.3, 0.4) is 0 Å². The molecule has 0 saturated heterocycles. The number of nitrogens with zero attached hydrogens (tertiary/aromatic N) is 2. The molecule has 0 saturated carbocycles. The van der Waals surface area contributed by atoms with E-state index < -0.39 is 0 Å². The molecule has 0 spiro atoms. The topological polar surface area (TPSA) is 22.3 Å². The molecule has 1 N–H and O–H groups in total. The molecule has 0 radical (unpaired) electrons. The molecule has 0 atom stereocenters. The monoisotopic (exact) mass is 669 g/mol. The van der Waals surface area contributed by atoms with Gasteiger partial charge in [0.05, 0.1) is 0 Å². The van der Waals surface area contributed by atoms with E-state index in [1.807, 2.05) is 0 Å². The van der Waals surface area contributed by atoms with E-state index in [0.29, 0.717) is 0 Å². The lowest BCUT2D eigenvalue weighted by molar-refractivity contribution is 1.19. The van der Waals surface area contributed by atoms with Crippen LogP contribution in [-0.2, 0) is 0 Å². The number of aryl methyl sites for hydroxylation is 8. The average Bonchev–Trinajstić information content (AvgIpc) is 3.45. The first-order chi connectivity index (χ1) is 24.2. The van der Waals surface area contributed by atoms with Gasteiger partial charge in [0.2, 0.25) is 0 Å². The van der Waals surface area contributed by atoms with Gasteiger partial charge in [-0.05, 0) is 235 Å². The van der Waals surface area contributed by atoms with Gasteiger partial charge in [0, 0.05) is 55.9 Å². The highest BCUT2D eigenvalue weighted by atomic mass is 15.1. The predicted molar refractivity (Wildman–Crippen MR) is 222 cm³/mol. The molecule has 0 unspecified atom stereocenters. The van der Waals surface area contributed by atoms with Gasteiger partial charge in [0.1, 0.15) is 0 Å². The van der Waals surface area contributed by atoms with Crippen molar-refractivity contribution in [2.24, 2.45) is 0 Å². The van der Waals surface area contributed by atoms with Crippen molar-refractivity contribution < 1.29 is 0 Å². The Morgan fingerprint density at radius 3 is 0.765 bits per heavy atom. The second-order valence-electron chi connectivity index (χ2n) is 15.1. The van der Waals surface area contributed by atoms with Crippen LogP contribution in [0.1, 0.15) is 66.8 Å².